The van der Waals surface area contributed by atoms with E-state index in [1.807, 2.05) is 37.3 Å². The molecule has 58 valence electrons. The molecule has 0 saturated carbocycles. The minimum atomic E-state index is 0.0809. The molecule has 0 aliphatic rings. The normalized spacial score (nSPS) is 12.1. The summed E-state index contributed by atoms with van der Waals surface area (Å²) >= 11 is 0. The molecular formula is C10H12O. The third kappa shape index (κ3) is 2.46. The van der Waals surface area contributed by atoms with Crippen molar-refractivity contribution in [3.8, 4) is 5.75 Å². The van der Waals surface area contributed by atoms with Crippen LogP contribution < -0.4 is 4.74 Å². The van der Waals surface area contributed by atoms with Crippen LogP contribution in [0.5, 0.6) is 5.75 Å². The van der Waals surface area contributed by atoms with Crippen LogP contribution in [0, 0.1) is 0 Å². The third-order valence-electron chi connectivity index (χ3n) is 1.40. The molecule has 1 heteroatoms. The fourth-order valence-corrected chi connectivity index (χ4v) is 0.762. The Bertz CT molecular complexity index is 216. The monoisotopic (exact) mass is 148 g/mol. The Balaban J connectivity index is 2.57. The fraction of sp³-hybridized carbons (Fsp3) is 0.200. The standard InChI is InChI=1S/C10H12O/c1-3-9(2)11-10-7-5-4-6-8-10/h3-9H,1H2,2H3. The van der Waals surface area contributed by atoms with Gasteiger partial charge in [0, 0.05) is 0 Å². The molecule has 0 amide bonds. The zero-order valence-corrected chi connectivity index (χ0v) is 6.66. The van der Waals surface area contributed by atoms with Gasteiger partial charge in [0.1, 0.15) is 11.9 Å². The summed E-state index contributed by atoms with van der Waals surface area (Å²) in [4.78, 5) is 0. The average Bonchev–Trinajstić information content (AvgIpc) is 2.06. The van der Waals surface area contributed by atoms with Crippen LogP contribution in [0.15, 0.2) is 43.0 Å². The smallest absolute Gasteiger partial charge is 0.120 e. The average molecular weight is 148 g/mol. The van der Waals surface area contributed by atoms with Gasteiger partial charge < -0.3 is 4.74 Å². The second kappa shape index (κ2) is 3.81. The summed E-state index contributed by atoms with van der Waals surface area (Å²) in [5, 5.41) is 0. The van der Waals surface area contributed by atoms with Gasteiger partial charge in [-0.3, -0.25) is 0 Å². The van der Waals surface area contributed by atoms with Crippen molar-refractivity contribution >= 4 is 0 Å². The van der Waals surface area contributed by atoms with E-state index in [0.717, 1.165) is 5.75 Å². The zero-order chi connectivity index (χ0) is 8.10. The van der Waals surface area contributed by atoms with Gasteiger partial charge in [0.05, 0.1) is 0 Å². The van der Waals surface area contributed by atoms with E-state index in [0.29, 0.717) is 0 Å². The number of ether oxygens (including phenoxy) is 1. The molecule has 1 atom stereocenters. The highest BCUT2D eigenvalue weighted by atomic mass is 16.5. The first-order valence-electron chi connectivity index (χ1n) is 3.67. The maximum atomic E-state index is 5.45. The molecule has 0 saturated heterocycles. The first kappa shape index (κ1) is 7.86. The third-order valence-corrected chi connectivity index (χ3v) is 1.40. The van der Waals surface area contributed by atoms with Gasteiger partial charge in [0.25, 0.3) is 0 Å². The topological polar surface area (TPSA) is 9.23 Å². The molecule has 0 fully saturated rings. The predicted octanol–water partition coefficient (Wildman–Crippen LogP) is 2.64. The minimum absolute atomic E-state index is 0.0809. The van der Waals surface area contributed by atoms with Gasteiger partial charge in [-0.15, -0.1) is 0 Å². The molecule has 0 spiro atoms. The van der Waals surface area contributed by atoms with Gasteiger partial charge in [-0.2, -0.15) is 0 Å². The van der Waals surface area contributed by atoms with Crippen molar-refractivity contribution in [2.24, 2.45) is 0 Å². The molecule has 1 nitrogen and oxygen atoms in total. The first-order valence-corrected chi connectivity index (χ1v) is 3.67. The molecule has 0 aromatic heterocycles. The van der Waals surface area contributed by atoms with Gasteiger partial charge >= 0.3 is 0 Å². The van der Waals surface area contributed by atoms with Gasteiger partial charge in [-0.1, -0.05) is 30.9 Å². The van der Waals surface area contributed by atoms with Crippen LogP contribution in [0.4, 0.5) is 0 Å². The van der Waals surface area contributed by atoms with E-state index in [9.17, 15) is 0 Å². The fourth-order valence-electron chi connectivity index (χ4n) is 0.762. The molecular weight excluding hydrogens is 136 g/mol. The largest absolute Gasteiger partial charge is 0.487 e. The summed E-state index contributed by atoms with van der Waals surface area (Å²) in [6, 6.07) is 9.72. The summed E-state index contributed by atoms with van der Waals surface area (Å²) in [5.74, 6) is 0.889. The molecule has 1 rings (SSSR count). The van der Waals surface area contributed by atoms with Crippen molar-refractivity contribution in [3.05, 3.63) is 43.0 Å². The van der Waals surface area contributed by atoms with Crippen molar-refractivity contribution in [1.82, 2.24) is 0 Å². The Labute approximate surface area is 67.3 Å². The van der Waals surface area contributed by atoms with Crippen LogP contribution in [0.2, 0.25) is 0 Å². The molecule has 0 aliphatic heterocycles. The second-order valence-electron chi connectivity index (χ2n) is 2.37. The van der Waals surface area contributed by atoms with Crippen LogP contribution in [0.25, 0.3) is 0 Å². The van der Waals surface area contributed by atoms with Crippen LogP contribution in [0.3, 0.4) is 0 Å². The van der Waals surface area contributed by atoms with Crippen molar-refractivity contribution < 1.29 is 4.74 Å². The first-order chi connectivity index (χ1) is 5.33. The van der Waals surface area contributed by atoms with E-state index < -0.39 is 0 Å². The number of benzene rings is 1. The van der Waals surface area contributed by atoms with E-state index in [1.165, 1.54) is 0 Å². The van der Waals surface area contributed by atoms with Crippen molar-refractivity contribution in [2.45, 2.75) is 13.0 Å². The molecule has 0 heterocycles. The SMILES string of the molecule is C=CC(C)Oc1ccccc1. The van der Waals surface area contributed by atoms with Gasteiger partial charge in [0.2, 0.25) is 0 Å². The molecule has 0 bridgehead atoms. The van der Waals surface area contributed by atoms with Crippen molar-refractivity contribution in [1.29, 1.82) is 0 Å². The lowest BCUT2D eigenvalue weighted by atomic mass is 10.3. The lowest BCUT2D eigenvalue weighted by Crippen LogP contribution is -2.06. The Morgan fingerprint density at radius 2 is 2.00 bits per heavy atom. The Morgan fingerprint density at radius 3 is 2.55 bits per heavy atom. The van der Waals surface area contributed by atoms with E-state index in [2.05, 4.69) is 6.58 Å². The summed E-state index contributed by atoms with van der Waals surface area (Å²) in [7, 11) is 0. The molecule has 1 unspecified atom stereocenters. The highest BCUT2D eigenvalue weighted by Crippen LogP contribution is 2.10. The highest BCUT2D eigenvalue weighted by molar-refractivity contribution is 5.21. The molecule has 1 aromatic rings. The summed E-state index contributed by atoms with van der Waals surface area (Å²) in [6.45, 7) is 5.59. The van der Waals surface area contributed by atoms with Crippen LogP contribution >= 0.6 is 0 Å². The quantitative estimate of drug-likeness (QED) is 0.599. The molecule has 11 heavy (non-hydrogen) atoms. The van der Waals surface area contributed by atoms with E-state index in [4.69, 9.17) is 4.74 Å². The Hall–Kier alpha value is -1.24. The maximum Gasteiger partial charge on any atom is 0.120 e. The lowest BCUT2D eigenvalue weighted by molar-refractivity contribution is 0.270. The van der Waals surface area contributed by atoms with Crippen LogP contribution in [-0.2, 0) is 0 Å². The van der Waals surface area contributed by atoms with Gasteiger partial charge in [-0.25, -0.2) is 0 Å². The molecule has 0 N–H and O–H groups in total. The van der Waals surface area contributed by atoms with Crippen molar-refractivity contribution in [2.75, 3.05) is 0 Å². The Morgan fingerprint density at radius 1 is 1.36 bits per heavy atom. The molecule has 0 radical (unpaired) electrons. The zero-order valence-electron chi connectivity index (χ0n) is 6.66. The van der Waals surface area contributed by atoms with Gasteiger partial charge in [-0.05, 0) is 19.1 Å². The second-order valence-corrected chi connectivity index (χ2v) is 2.37. The number of rotatable bonds is 3. The molecule has 1 aromatic carbocycles. The summed E-state index contributed by atoms with van der Waals surface area (Å²) < 4.78 is 5.45. The number of para-hydroxylation sites is 1. The number of hydrogen-bond acceptors (Lipinski definition) is 1. The van der Waals surface area contributed by atoms with Gasteiger partial charge in [0.15, 0.2) is 0 Å². The van der Waals surface area contributed by atoms with E-state index in [-0.39, 0.29) is 6.10 Å². The minimum Gasteiger partial charge on any atom is -0.487 e. The maximum absolute atomic E-state index is 5.45. The highest BCUT2D eigenvalue weighted by Gasteiger charge is 1.95. The van der Waals surface area contributed by atoms with Crippen molar-refractivity contribution in [3.63, 3.8) is 0 Å². The predicted molar refractivity (Wildman–Crippen MR) is 46.7 cm³/mol. The van der Waals surface area contributed by atoms with Crippen LogP contribution in [0.1, 0.15) is 6.92 Å². The van der Waals surface area contributed by atoms with E-state index >= 15 is 0 Å². The Kier molecular flexibility index (Phi) is 2.73. The summed E-state index contributed by atoms with van der Waals surface area (Å²) in [6.07, 6.45) is 1.85. The number of hydrogen-bond donors (Lipinski definition) is 0. The molecule has 0 aliphatic carbocycles. The summed E-state index contributed by atoms with van der Waals surface area (Å²) in [5.41, 5.74) is 0. The van der Waals surface area contributed by atoms with E-state index in [1.54, 1.807) is 6.08 Å². The lowest BCUT2D eigenvalue weighted by Gasteiger charge is -2.09. The van der Waals surface area contributed by atoms with Crippen LogP contribution in [-0.4, -0.2) is 6.10 Å².